The van der Waals surface area contributed by atoms with Gasteiger partial charge in [0.2, 0.25) is 0 Å². The van der Waals surface area contributed by atoms with E-state index in [1.54, 1.807) is 55.4 Å². The second-order valence-electron chi connectivity index (χ2n) is 6.45. The predicted molar refractivity (Wildman–Crippen MR) is 106 cm³/mol. The van der Waals surface area contributed by atoms with E-state index in [0.717, 1.165) is 11.1 Å². The van der Waals surface area contributed by atoms with Gasteiger partial charge in [-0.1, -0.05) is 23.9 Å². The smallest absolute Gasteiger partial charge is 0.341 e. The van der Waals surface area contributed by atoms with Gasteiger partial charge in [0.05, 0.1) is 19.5 Å². The van der Waals surface area contributed by atoms with E-state index in [4.69, 9.17) is 14.2 Å². The molecule has 0 bridgehead atoms. The predicted octanol–water partition coefficient (Wildman–Crippen LogP) is 0.878. The average molecular weight is 417 g/mol. The van der Waals surface area contributed by atoms with Crippen LogP contribution in [0.15, 0.2) is 42.5 Å². The van der Waals surface area contributed by atoms with E-state index in [1.807, 2.05) is 18.2 Å². The number of hydrogen-bond acceptors (Lipinski definition) is 7. The van der Waals surface area contributed by atoms with E-state index < -0.39 is 18.0 Å². The SMILES string of the molecule is CCOC(=O)c1ccccc1OCc1cc([C@H]2[NH2+][C@@H](C(=O)[O-])CS2)ccc1OC. The van der Waals surface area contributed by atoms with Crippen LogP contribution in [0.2, 0.25) is 0 Å². The molecular formula is C21H23NO6S. The summed E-state index contributed by atoms with van der Waals surface area (Å²) in [6.07, 6.45) is 0. The van der Waals surface area contributed by atoms with Gasteiger partial charge in [-0.15, -0.1) is 0 Å². The van der Waals surface area contributed by atoms with E-state index >= 15 is 0 Å². The van der Waals surface area contributed by atoms with E-state index in [9.17, 15) is 14.7 Å². The van der Waals surface area contributed by atoms with Crippen LogP contribution in [0.1, 0.15) is 33.8 Å². The zero-order valence-corrected chi connectivity index (χ0v) is 17.1. The van der Waals surface area contributed by atoms with Crippen LogP contribution in [0, 0.1) is 0 Å². The molecule has 154 valence electrons. The van der Waals surface area contributed by atoms with Crippen molar-refractivity contribution in [3.8, 4) is 11.5 Å². The van der Waals surface area contributed by atoms with Crippen molar-refractivity contribution in [3.63, 3.8) is 0 Å². The Balaban J connectivity index is 1.77. The summed E-state index contributed by atoms with van der Waals surface area (Å²) in [5.41, 5.74) is 2.13. The molecule has 8 heteroatoms. The van der Waals surface area contributed by atoms with Crippen LogP contribution in [0.25, 0.3) is 0 Å². The number of methoxy groups -OCH3 is 1. The van der Waals surface area contributed by atoms with E-state index in [2.05, 4.69) is 0 Å². The van der Waals surface area contributed by atoms with Crippen LogP contribution in [-0.2, 0) is 16.1 Å². The number of carboxylic acids is 1. The lowest BCUT2D eigenvalue weighted by Gasteiger charge is -2.16. The first-order chi connectivity index (χ1) is 14.0. The van der Waals surface area contributed by atoms with Crippen LogP contribution in [0.3, 0.4) is 0 Å². The Bertz CT molecular complexity index is 887. The lowest BCUT2D eigenvalue weighted by atomic mass is 10.1. The molecule has 0 saturated carbocycles. The molecule has 1 heterocycles. The molecule has 2 N–H and O–H groups in total. The van der Waals surface area contributed by atoms with E-state index in [0.29, 0.717) is 22.8 Å². The Morgan fingerprint density at radius 3 is 2.69 bits per heavy atom. The monoisotopic (exact) mass is 417 g/mol. The lowest BCUT2D eigenvalue weighted by Crippen LogP contribution is -2.90. The summed E-state index contributed by atoms with van der Waals surface area (Å²) >= 11 is 1.56. The number of carbonyl (C=O) groups is 2. The van der Waals surface area contributed by atoms with Gasteiger partial charge < -0.3 is 29.4 Å². The van der Waals surface area contributed by atoms with Gasteiger partial charge in [0.25, 0.3) is 0 Å². The number of thioether (sulfide) groups is 1. The summed E-state index contributed by atoms with van der Waals surface area (Å²) in [5.74, 6) is 0.0957. The first-order valence-electron chi connectivity index (χ1n) is 9.26. The first kappa shape index (κ1) is 21.0. The molecule has 1 aliphatic rings. The van der Waals surface area contributed by atoms with Gasteiger partial charge in [-0.05, 0) is 37.3 Å². The molecule has 0 aliphatic carbocycles. The van der Waals surface area contributed by atoms with Crippen molar-refractivity contribution in [3.05, 3.63) is 59.2 Å². The fourth-order valence-electron chi connectivity index (χ4n) is 3.10. The van der Waals surface area contributed by atoms with Crippen molar-refractivity contribution in [1.29, 1.82) is 0 Å². The van der Waals surface area contributed by atoms with E-state index in [-0.39, 0.29) is 18.6 Å². The topological polar surface area (TPSA) is 102 Å². The van der Waals surface area contributed by atoms with E-state index in [1.165, 1.54) is 0 Å². The number of rotatable bonds is 8. The third kappa shape index (κ3) is 5.02. The molecular weight excluding hydrogens is 394 g/mol. The number of benzene rings is 2. The highest BCUT2D eigenvalue weighted by molar-refractivity contribution is 7.99. The fraction of sp³-hybridized carbons (Fsp3) is 0.333. The number of nitrogens with two attached hydrogens (primary N) is 1. The summed E-state index contributed by atoms with van der Waals surface area (Å²) in [6, 6.07) is 12.1. The van der Waals surface area contributed by atoms with Crippen LogP contribution < -0.4 is 19.9 Å². The first-order valence-corrected chi connectivity index (χ1v) is 10.3. The molecule has 1 fully saturated rings. The number of aliphatic carboxylic acids is 1. The van der Waals surface area contributed by atoms with Crippen LogP contribution in [0.5, 0.6) is 11.5 Å². The van der Waals surface area contributed by atoms with Crippen molar-refractivity contribution < 1.29 is 34.2 Å². The lowest BCUT2D eigenvalue weighted by molar-refractivity contribution is -0.690. The third-order valence-electron chi connectivity index (χ3n) is 4.56. The number of hydrogen-bond donors (Lipinski definition) is 1. The van der Waals surface area contributed by atoms with Gasteiger partial charge in [0.15, 0.2) is 5.37 Å². The molecule has 1 aliphatic heterocycles. The van der Waals surface area contributed by atoms with Crippen LogP contribution in [-0.4, -0.2) is 37.4 Å². The van der Waals surface area contributed by atoms with Crippen molar-refractivity contribution in [1.82, 2.24) is 0 Å². The van der Waals surface area contributed by atoms with Crippen molar-refractivity contribution >= 4 is 23.7 Å². The highest BCUT2D eigenvalue weighted by Crippen LogP contribution is 2.31. The Kier molecular flexibility index (Phi) is 7.00. The minimum absolute atomic E-state index is 0.0330. The second-order valence-corrected chi connectivity index (χ2v) is 7.62. The van der Waals surface area contributed by atoms with Gasteiger partial charge in [-0.25, -0.2) is 4.79 Å². The minimum atomic E-state index is -1.05. The quantitative estimate of drug-likeness (QED) is 0.636. The molecule has 29 heavy (non-hydrogen) atoms. The normalized spacial score (nSPS) is 18.3. The highest BCUT2D eigenvalue weighted by atomic mass is 32.2. The van der Waals surface area contributed by atoms with Crippen molar-refractivity contribution in [2.75, 3.05) is 19.5 Å². The number of carboxylic acid groups (broad SMARTS) is 1. The molecule has 0 aromatic heterocycles. The molecule has 2 aromatic carbocycles. The second kappa shape index (κ2) is 9.67. The van der Waals surface area contributed by atoms with Crippen LogP contribution in [0.4, 0.5) is 0 Å². The molecule has 0 amide bonds. The molecule has 0 spiro atoms. The van der Waals surface area contributed by atoms with Crippen molar-refractivity contribution in [2.24, 2.45) is 0 Å². The molecule has 0 unspecified atom stereocenters. The van der Waals surface area contributed by atoms with Gasteiger partial charge in [-0.2, -0.15) is 0 Å². The standard InChI is InChI=1S/C21H23NO6S/c1-3-27-21(25)15-6-4-5-7-18(15)28-11-14-10-13(8-9-17(14)26-2)19-22-16(12-29-19)20(23)24/h4-10,16,19,22H,3,11-12H2,1-2H3,(H,23,24)/t16-,19+/m1/s1. The number of quaternary nitrogens is 1. The summed E-state index contributed by atoms with van der Waals surface area (Å²) in [7, 11) is 1.58. The fourth-order valence-corrected chi connectivity index (χ4v) is 4.40. The third-order valence-corrected chi connectivity index (χ3v) is 5.90. The molecule has 1 saturated heterocycles. The number of carbonyl (C=O) groups excluding carboxylic acids is 2. The number of para-hydroxylation sites is 1. The number of esters is 1. The Morgan fingerprint density at radius 2 is 2.00 bits per heavy atom. The average Bonchev–Trinajstić information content (AvgIpc) is 3.23. The van der Waals surface area contributed by atoms with Gasteiger partial charge in [-0.3, -0.25) is 0 Å². The maximum atomic E-state index is 12.1. The minimum Gasteiger partial charge on any atom is -0.544 e. The summed E-state index contributed by atoms with van der Waals surface area (Å²) in [6.45, 7) is 2.22. The number of ether oxygens (including phenoxy) is 3. The van der Waals surface area contributed by atoms with Crippen LogP contribution >= 0.6 is 11.8 Å². The Labute approximate surface area is 173 Å². The molecule has 7 nitrogen and oxygen atoms in total. The summed E-state index contributed by atoms with van der Waals surface area (Å²) in [4.78, 5) is 23.2. The zero-order valence-electron chi connectivity index (χ0n) is 16.3. The molecule has 2 atom stereocenters. The maximum absolute atomic E-state index is 12.1. The summed E-state index contributed by atoms with van der Waals surface area (Å²) in [5, 5.41) is 12.9. The van der Waals surface area contributed by atoms with Crippen molar-refractivity contribution in [2.45, 2.75) is 24.9 Å². The molecule has 0 radical (unpaired) electrons. The maximum Gasteiger partial charge on any atom is 0.341 e. The molecule has 3 rings (SSSR count). The van der Waals surface area contributed by atoms with Gasteiger partial charge >= 0.3 is 5.97 Å². The molecule has 2 aromatic rings. The largest absolute Gasteiger partial charge is 0.544 e. The highest BCUT2D eigenvalue weighted by Gasteiger charge is 2.31. The Hall–Kier alpha value is -2.71. The zero-order chi connectivity index (χ0) is 20.8. The van der Waals surface area contributed by atoms with Gasteiger partial charge in [0, 0.05) is 11.1 Å². The Morgan fingerprint density at radius 1 is 1.21 bits per heavy atom. The summed E-state index contributed by atoms with van der Waals surface area (Å²) < 4.78 is 16.4. The van der Waals surface area contributed by atoms with Gasteiger partial charge in [0.1, 0.15) is 35.7 Å².